The molecule has 1 heterocycles. The van der Waals surface area contributed by atoms with Gasteiger partial charge in [-0.2, -0.15) is 0 Å². The summed E-state index contributed by atoms with van der Waals surface area (Å²) >= 11 is 0. The minimum Gasteiger partial charge on any atom is -0.488 e. The highest BCUT2D eigenvalue weighted by molar-refractivity contribution is 5.14. The van der Waals surface area contributed by atoms with Gasteiger partial charge in [0.25, 0.3) is 0 Å². The van der Waals surface area contributed by atoms with Crippen molar-refractivity contribution in [2.24, 2.45) is 0 Å². The highest BCUT2D eigenvalue weighted by Crippen LogP contribution is 2.05. The monoisotopic (exact) mass is 176 g/mol. The largest absolute Gasteiger partial charge is 0.488 e. The lowest BCUT2D eigenvalue weighted by molar-refractivity contribution is 0.361. The van der Waals surface area contributed by atoms with E-state index in [-0.39, 0.29) is 0 Å². The van der Waals surface area contributed by atoms with E-state index in [1.54, 1.807) is 18.5 Å². The van der Waals surface area contributed by atoms with Crippen molar-refractivity contribution in [3.63, 3.8) is 0 Å². The molecular weight excluding hydrogens is 162 g/mol. The zero-order valence-corrected chi connectivity index (χ0v) is 7.86. The number of hydrogen-bond acceptors (Lipinski definition) is 2. The predicted octanol–water partition coefficient (Wildman–Crippen LogP) is 2.62. The number of aromatic nitrogens is 1. The summed E-state index contributed by atoms with van der Waals surface area (Å²) in [6.45, 7) is 2.76. The van der Waals surface area contributed by atoms with Crippen molar-refractivity contribution >= 4 is 0 Å². The normalized spacial score (nSPS) is 10.5. The van der Waals surface area contributed by atoms with Crippen LogP contribution in [0.2, 0.25) is 0 Å². The van der Waals surface area contributed by atoms with E-state index in [0.717, 1.165) is 12.2 Å². The van der Waals surface area contributed by atoms with E-state index in [1.807, 2.05) is 6.08 Å². The smallest absolute Gasteiger partial charge is 0.138 e. The molecule has 0 bridgehead atoms. The van der Waals surface area contributed by atoms with Gasteiger partial charge in [-0.1, -0.05) is 25.5 Å². The molecule has 1 aromatic rings. The lowest BCUT2D eigenvalue weighted by Crippen LogP contribution is -1.93. The van der Waals surface area contributed by atoms with E-state index < -0.39 is 0 Å². The van der Waals surface area contributed by atoms with Crippen LogP contribution >= 0.6 is 0 Å². The molecule has 0 saturated carbocycles. The molecule has 0 N–H and O–H groups in total. The first-order chi connectivity index (χ1) is 6.43. The van der Waals surface area contributed by atoms with Gasteiger partial charge in [-0.25, -0.2) is 0 Å². The van der Waals surface area contributed by atoms with Crippen molar-refractivity contribution in [3.8, 4) is 5.75 Å². The molecule has 0 aliphatic carbocycles. The highest BCUT2D eigenvalue weighted by Gasteiger charge is 1.87. The van der Waals surface area contributed by atoms with Gasteiger partial charge in [-0.15, -0.1) is 0 Å². The molecule has 1 rings (SSSR count). The minimum absolute atomic E-state index is 0.611. The third-order valence-corrected chi connectivity index (χ3v) is 1.54. The van der Waals surface area contributed by atoms with Gasteiger partial charge in [0.05, 0.1) is 6.20 Å². The van der Waals surface area contributed by atoms with Crippen LogP contribution in [0, 0.1) is 6.07 Å². The number of pyridine rings is 1. The number of rotatable bonds is 5. The number of unbranched alkanes of at least 4 members (excludes halogenated alkanes) is 1. The maximum Gasteiger partial charge on any atom is 0.138 e. The van der Waals surface area contributed by atoms with E-state index in [1.165, 1.54) is 6.42 Å². The molecule has 13 heavy (non-hydrogen) atoms. The maximum atomic E-state index is 5.37. The van der Waals surface area contributed by atoms with Crippen LogP contribution in [0.25, 0.3) is 0 Å². The Bertz CT molecular complexity index is 244. The number of allylic oxidation sites excluding steroid dienone is 1. The molecule has 69 valence electrons. The summed E-state index contributed by atoms with van der Waals surface area (Å²) in [7, 11) is 0. The molecule has 1 radical (unpaired) electrons. The summed E-state index contributed by atoms with van der Waals surface area (Å²) in [6.07, 6.45) is 9.74. The molecule has 0 amide bonds. The molecule has 0 aliphatic heterocycles. The van der Waals surface area contributed by atoms with Gasteiger partial charge in [-0.3, -0.25) is 4.98 Å². The maximum absolute atomic E-state index is 5.37. The Morgan fingerprint density at radius 1 is 1.54 bits per heavy atom. The van der Waals surface area contributed by atoms with Gasteiger partial charge in [0.2, 0.25) is 0 Å². The van der Waals surface area contributed by atoms with Gasteiger partial charge in [0, 0.05) is 12.3 Å². The van der Waals surface area contributed by atoms with Crippen LogP contribution in [0.3, 0.4) is 0 Å². The molecule has 0 aliphatic rings. The lowest BCUT2D eigenvalue weighted by Gasteiger charge is -2.00. The molecule has 0 spiro atoms. The first kappa shape index (κ1) is 9.78. The third-order valence-electron chi connectivity index (χ3n) is 1.54. The van der Waals surface area contributed by atoms with Gasteiger partial charge < -0.3 is 4.74 Å². The van der Waals surface area contributed by atoms with E-state index in [0.29, 0.717) is 6.61 Å². The van der Waals surface area contributed by atoms with Crippen molar-refractivity contribution in [2.75, 3.05) is 6.61 Å². The van der Waals surface area contributed by atoms with Crippen LogP contribution in [0.1, 0.15) is 19.8 Å². The second kappa shape index (κ2) is 6.23. The fourth-order valence-electron chi connectivity index (χ4n) is 0.886. The number of ether oxygens (including phenoxy) is 1. The fraction of sp³-hybridized carbons (Fsp3) is 0.364. The molecule has 2 heteroatoms. The number of hydrogen-bond donors (Lipinski definition) is 0. The van der Waals surface area contributed by atoms with Gasteiger partial charge in [-0.05, 0) is 12.5 Å². The lowest BCUT2D eigenvalue weighted by atomic mass is 10.3. The molecule has 0 atom stereocenters. The molecule has 0 saturated heterocycles. The van der Waals surface area contributed by atoms with Crippen LogP contribution in [-0.2, 0) is 0 Å². The molecule has 0 unspecified atom stereocenters. The first-order valence-corrected chi connectivity index (χ1v) is 4.52. The third kappa shape index (κ3) is 4.31. The summed E-state index contributed by atoms with van der Waals surface area (Å²) in [6, 6.07) is 4.63. The Kier molecular flexibility index (Phi) is 4.69. The quantitative estimate of drug-likeness (QED) is 0.643. The molecule has 1 aromatic heterocycles. The van der Waals surface area contributed by atoms with Crippen LogP contribution in [0.15, 0.2) is 30.6 Å². The Balaban J connectivity index is 2.20. The van der Waals surface area contributed by atoms with Gasteiger partial charge >= 0.3 is 0 Å². The standard InChI is InChI=1S/C11H14NO/c1-2-3-4-5-9-13-11-7-6-8-12-10-11/h4-5,7-8,10H,2-3,9H2,1H3. The Morgan fingerprint density at radius 2 is 2.46 bits per heavy atom. The highest BCUT2D eigenvalue weighted by atomic mass is 16.5. The number of nitrogens with zero attached hydrogens (tertiary/aromatic N) is 1. The summed E-state index contributed by atoms with van der Waals surface area (Å²) in [5.74, 6) is 0.767. The molecule has 0 fully saturated rings. The van der Waals surface area contributed by atoms with Gasteiger partial charge in [0.1, 0.15) is 12.4 Å². The fourth-order valence-corrected chi connectivity index (χ4v) is 0.886. The summed E-state index contributed by atoms with van der Waals surface area (Å²) in [5, 5.41) is 0. The van der Waals surface area contributed by atoms with Gasteiger partial charge in [0.15, 0.2) is 0 Å². The van der Waals surface area contributed by atoms with Crippen molar-refractivity contribution in [1.82, 2.24) is 4.98 Å². The molecular formula is C11H14NO. The Labute approximate surface area is 79.3 Å². The van der Waals surface area contributed by atoms with Crippen molar-refractivity contribution in [3.05, 3.63) is 36.7 Å². The van der Waals surface area contributed by atoms with Crippen LogP contribution in [0.5, 0.6) is 5.75 Å². The topological polar surface area (TPSA) is 22.1 Å². The second-order valence-electron chi connectivity index (χ2n) is 2.69. The van der Waals surface area contributed by atoms with E-state index >= 15 is 0 Å². The predicted molar refractivity (Wildman–Crippen MR) is 52.6 cm³/mol. The summed E-state index contributed by atoms with van der Waals surface area (Å²) < 4.78 is 5.37. The van der Waals surface area contributed by atoms with Crippen LogP contribution in [0.4, 0.5) is 0 Å². The average molecular weight is 176 g/mol. The molecule has 0 aromatic carbocycles. The first-order valence-electron chi connectivity index (χ1n) is 4.52. The van der Waals surface area contributed by atoms with Crippen molar-refractivity contribution < 1.29 is 4.74 Å². The zero-order valence-electron chi connectivity index (χ0n) is 7.86. The molecule has 2 nitrogen and oxygen atoms in total. The second-order valence-corrected chi connectivity index (χ2v) is 2.69. The minimum atomic E-state index is 0.611. The van der Waals surface area contributed by atoms with Crippen LogP contribution < -0.4 is 4.74 Å². The van der Waals surface area contributed by atoms with E-state index in [2.05, 4.69) is 24.1 Å². The van der Waals surface area contributed by atoms with Crippen molar-refractivity contribution in [2.45, 2.75) is 19.8 Å². The summed E-state index contributed by atoms with van der Waals surface area (Å²) in [4.78, 5) is 3.90. The van der Waals surface area contributed by atoms with E-state index in [9.17, 15) is 0 Å². The average Bonchev–Trinajstić information content (AvgIpc) is 2.19. The van der Waals surface area contributed by atoms with E-state index in [4.69, 9.17) is 4.74 Å². The Morgan fingerprint density at radius 3 is 3.15 bits per heavy atom. The van der Waals surface area contributed by atoms with Crippen molar-refractivity contribution in [1.29, 1.82) is 0 Å². The SMILES string of the molecule is CCCC=CCOc1c[c]cnc1. The van der Waals surface area contributed by atoms with Crippen LogP contribution in [-0.4, -0.2) is 11.6 Å². The Hall–Kier alpha value is -1.31. The zero-order chi connectivity index (χ0) is 9.36. The summed E-state index contributed by atoms with van der Waals surface area (Å²) in [5.41, 5.74) is 0.